The highest BCUT2D eigenvalue weighted by Crippen LogP contribution is 2.32. The van der Waals surface area contributed by atoms with E-state index < -0.39 is 32.1 Å². The molecule has 7 nitrogen and oxygen atoms in total. The standard InChI is InChI=1S/C21H17F3N2O5S2/c1-2-31-17-9-4-3-8-15(17)18(27)26-20-16(10-11-32-20)19(28)25-13-6-5-7-14(12-13)33(29,30)21(22,23)24/h3-12H,2H2,1H3,(H,25,28)(H,26,27). The van der Waals surface area contributed by atoms with Gasteiger partial charge in [0.2, 0.25) is 0 Å². The average Bonchev–Trinajstić information content (AvgIpc) is 3.22. The van der Waals surface area contributed by atoms with E-state index in [1.165, 1.54) is 12.1 Å². The second-order valence-electron chi connectivity index (χ2n) is 6.48. The van der Waals surface area contributed by atoms with Gasteiger partial charge in [-0.2, -0.15) is 13.2 Å². The number of benzene rings is 2. The number of hydrogen-bond donors (Lipinski definition) is 2. The van der Waals surface area contributed by atoms with Gasteiger partial charge in [0.15, 0.2) is 0 Å². The Morgan fingerprint density at radius 2 is 1.67 bits per heavy atom. The maximum Gasteiger partial charge on any atom is 0.501 e. The molecule has 0 aliphatic rings. The number of carbonyl (C=O) groups is 2. The van der Waals surface area contributed by atoms with Crippen molar-refractivity contribution in [3.63, 3.8) is 0 Å². The van der Waals surface area contributed by atoms with Gasteiger partial charge in [-0.1, -0.05) is 18.2 Å². The summed E-state index contributed by atoms with van der Waals surface area (Å²) in [5.74, 6) is -0.900. The SMILES string of the molecule is CCOc1ccccc1C(=O)Nc1sccc1C(=O)Nc1cccc(S(=O)(=O)C(F)(F)F)c1. The van der Waals surface area contributed by atoms with E-state index in [0.29, 0.717) is 18.4 Å². The monoisotopic (exact) mass is 498 g/mol. The minimum Gasteiger partial charge on any atom is -0.493 e. The average molecular weight is 499 g/mol. The van der Waals surface area contributed by atoms with Crippen LogP contribution in [0.1, 0.15) is 27.6 Å². The van der Waals surface area contributed by atoms with Gasteiger partial charge in [-0.15, -0.1) is 11.3 Å². The van der Waals surface area contributed by atoms with Crippen LogP contribution in [0.3, 0.4) is 0 Å². The molecule has 0 fully saturated rings. The van der Waals surface area contributed by atoms with Crippen LogP contribution in [0.5, 0.6) is 5.75 Å². The Morgan fingerprint density at radius 3 is 2.36 bits per heavy atom. The quantitative estimate of drug-likeness (QED) is 0.480. The Bertz CT molecular complexity index is 1290. The third-order valence-corrected chi connectivity index (χ3v) is 6.59. The van der Waals surface area contributed by atoms with Crippen molar-refractivity contribution in [3.05, 3.63) is 71.1 Å². The Labute approximate surface area is 191 Å². The van der Waals surface area contributed by atoms with Gasteiger partial charge in [-0.3, -0.25) is 9.59 Å². The molecule has 0 aliphatic heterocycles. The van der Waals surface area contributed by atoms with E-state index in [9.17, 15) is 31.2 Å². The van der Waals surface area contributed by atoms with Crippen LogP contribution in [-0.4, -0.2) is 32.3 Å². The van der Waals surface area contributed by atoms with Gasteiger partial charge in [0.25, 0.3) is 21.7 Å². The van der Waals surface area contributed by atoms with Crippen molar-refractivity contribution >= 4 is 43.7 Å². The molecule has 0 saturated carbocycles. The molecule has 3 rings (SSSR count). The van der Waals surface area contributed by atoms with Crippen molar-refractivity contribution < 1.29 is 35.9 Å². The molecule has 3 aromatic rings. The second kappa shape index (κ2) is 9.63. The van der Waals surface area contributed by atoms with Crippen LogP contribution in [0.25, 0.3) is 0 Å². The number of carbonyl (C=O) groups excluding carboxylic acids is 2. The van der Waals surface area contributed by atoms with E-state index in [1.807, 2.05) is 0 Å². The molecule has 1 aromatic heterocycles. The van der Waals surface area contributed by atoms with Gasteiger partial charge in [0.05, 0.1) is 22.6 Å². The number of nitrogens with one attached hydrogen (secondary N) is 2. The number of rotatable bonds is 7. The van der Waals surface area contributed by atoms with Gasteiger partial charge < -0.3 is 15.4 Å². The lowest BCUT2D eigenvalue weighted by Crippen LogP contribution is -2.23. The molecule has 33 heavy (non-hydrogen) atoms. The summed E-state index contributed by atoms with van der Waals surface area (Å²) in [5.41, 5.74) is -5.33. The molecule has 2 aromatic carbocycles. The first-order valence-corrected chi connectivity index (χ1v) is 11.7. The van der Waals surface area contributed by atoms with E-state index in [1.54, 1.807) is 36.6 Å². The Hall–Kier alpha value is -3.38. The molecule has 1 heterocycles. The molecule has 0 radical (unpaired) electrons. The van der Waals surface area contributed by atoms with Crippen LogP contribution in [0, 0.1) is 0 Å². The smallest absolute Gasteiger partial charge is 0.493 e. The number of sulfone groups is 1. The van der Waals surface area contributed by atoms with Crippen molar-refractivity contribution in [2.75, 3.05) is 17.2 Å². The molecular weight excluding hydrogens is 481 g/mol. The molecule has 0 saturated heterocycles. The number of para-hydroxylation sites is 1. The summed E-state index contributed by atoms with van der Waals surface area (Å²) in [4.78, 5) is 24.4. The number of anilines is 2. The summed E-state index contributed by atoms with van der Waals surface area (Å²) in [6.45, 7) is 2.12. The molecule has 0 aliphatic carbocycles. The maximum atomic E-state index is 12.8. The van der Waals surface area contributed by atoms with Crippen LogP contribution in [-0.2, 0) is 9.84 Å². The third-order valence-electron chi connectivity index (χ3n) is 4.28. The predicted octanol–water partition coefficient (Wildman–Crippen LogP) is 4.94. The van der Waals surface area contributed by atoms with Gasteiger partial charge in [0.1, 0.15) is 10.8 Å². The van der Waals surface area contributed by atoms with Gasteiger partial charge in [-0.25, -0.2) is 8.42 Å². The number of thiophene rings is 1. The zero-order chi connectivity index (χ0) is 24.2. The maximum absolute atomic E-state index is 12.8. The fourth-order valence-electron chi connectivity index (χ4n) is 2.76. The molecule has 0 bridgehead atoms. The molecule has 12 heteroatoms. The summed E-state index contributed by atoms with van der Waals surface area (Å²) < 4.78 is 67.1. The van der Waals surface area contributed by atoms with Crippen molar-refractivity contribution in [2.45, 2.75) is 17.3 Å². The molecule has 2 amide bonds. The van der Waals surface area contributed by atoms with Crippen molar-refractivity contribution in [1.29, 1.82) is 0 Å². The topological polar surface area (TPSA) is 102 Å². The zero-order valence-electron chi connectivity index (χ0n) is 17.0. The molecule has 0 atom stereocenters. The lowest BCUT2D eigenvalue weighted by molar-refractivity contribution is -0.0436. The number of amides is 2. The highest BCUT2D eigenvalue weighted by atomic mass is 32.2. The van der Waals surface area contributed by atoms with Gasteiger partial charge in [0, 0.05) is 5.69 Å². The van der Waals surface area contributed by atoms with Crippen molar-refractivity contribution in [1.82, 2.24) is 0 Å². The van der Waals surface area contributed by atoms with E-state index in [0.717, 1.165) is 23.5 Å². The fraction of sp³-hybridized carbons (Fsp3) is 0.143. The first-order valence-electron chi connectivity index (χ1n) is 9.38. The summed E-state index contributed by atoms with van der Waals surface area (Å²) in [5, 5.41) is 6.72. The second-order valence-corrected chi connectivity index (χ2v) is 9.34. The highest BCUT2D eigenvalue weighted by Gasteiger charge is 2.46. The van der Waals surface area contributed by atoms with Crippen LogP contribution in [0.2, 0.25) is 0 Å². The third kappa shape index (κ3) is 5.34. The molecule has 2 N–H and O–H groups in total. The molecular formula is C21H17F3N2O5S2. The Balaban J connectivity index is 1.80. The first kappa shape index (κ1) is 24.3. The normalized spacial score (nSPS) is 11.6. The summed E-state index contributed by atoms with van der Waals surface area (Å²) in [6, 6.07) is 11.8. The first-order chi connectivity index (χ1) is 15.5. The molecule has 0 unspecified atom stereocenters. The Morgan fingerprint density at radius 1 is 0.970 bits per heavy atom. The number of alkyl halides is 3. The summed E-state index contributed by atoms with van der Waals surface area (Å²) in [6.07, 6.45) is 0. The van der Waals surface area contributed by atoms with Crippen molar-refractivity contribution in [3.8, 4) is 5.75 Å². The summed E-state index contributed by atoms with van der Waals surface area (Å²) >= 11 is 1.06. The Kier molecular flexibility index (Phi) is 7.08. The minimum atomic E-state index is -5.57. The lowest BCUT2D eigenvalue weighted by Gasteiger charge is -2.12. The predicted molar refractivity (Wildman–Crippen MR) is 118 cm³/mol. The van der Waals surface area contributed by atoms with Crippen molar-refractivity contribution in [2.24, 2.45) is 0 Å². The summed E-state index contributed by atoms with van der Waals surface area (Å²) in [7, 11) is -5.57. The van der Waals surface area contributed by atoms with Gasteiger partial charge >= 0.3 is 5.51 Å². The lowest BCUT2D eigenvalue weighted by atomic mass is 10.2. The van der Waals surface area contributed by atoms with Crippen LogP contribution < -0.4 is 15.4 Å². The fourth-order valence-corrected chi connectivity index (χ4v) is 4.35. The van der Waals surface area contributed by atoms with E-state index in [-0.39, 0.29) is 21.8 Å². The van der Waals surface area contributed by atoms with Gasteiger partial charge in [-0.05, 0) is 48.7 Å². The van der Waals surface area contributed by atoms with E-state index in [2.05, 4.69) is 10.6 Å². The number of hydrogen-bond acceptors (Lipinski definition) is 6. The van der Waals surface area contributed by atoms with Crippen LogP contribution >= 0.6 is 11.3 Å². The highest BCUT2D eigenvalue weighted by molar-refractivity contribution is 7.92. The van der Waals surface area contributed by atoms with Crippen LogP contribution in [0.4, 0.5) is 23.9 Å². The number of halogens is 3. The zero-order valence-corrected chi connectivity index (χ0v) is 18.6. The van der Waals surface area contributed by atoms with Crippen LogP contribution in [0.15, 0.2) is 64.9 Å². The van der Waals surface area contributed by atoms with E-state index in [4.69, 9.17) is 4.74 Å². The van der Waals surface area contributed by atoms with E-state index >= 15 is 0 Å². The molecule has 174 valence electrons. The number of ether oxygens (including phenoxy) is 1. The minimum absolute atomic E-state index is 0.0475. The molecule has 0 spiro atoms. The largest absolute Gasteiger partial charge is 0.501 e.